The average Bonchev–Trinajstić information content (AvgIpc) is 2.80. The standard InChI is InChI=1S/C13H15NO3S/c15-5-2-1-3-11-7-12(18-10-11)8-14-4-6-17-9-13(14)16/h7,10,15H,2,4-6,8-9H2. The molecule has 1 amide bonds. The second kappa shape index (κ2) is 6.55. The molecule has 4 nitrogen and oxygen atoms in total. The van der Waals surface area contributed by atoms with Crippen LogP contribution in [0.3, 0.4) is 0 Å². The molecule has 2 heterocycles. The molecular weight excluding hydrogens is 250 g/mol. The number of hydrogen-bond donors (Lipinski definition) is 1. The van der Waals surface area contributed by atoms with Crippen LogP contribution in [0, 0.1) is 11.8 Å². The van der Waals surface area contributed by atoms with Crippen molar-refractivity contribution in [3.63, 3.8) is 0 Å². The molecular formula is C13H15NO3S. The Morgan fingerprint density at radius 2 is 2.44 bits per heavy atom. The van der Waals surface area contributed by atoms with E-state index in [-0.39, 0.29) is 19.1 Å². The molecule has 0 aromatic carbocycles. The van der Waals surface area contributed by atoms with Gasteiger partial charge >= 0.3 is 0 Å². The number of aliphatic hydroxyl groups is 1. The molecule has 1 aromatic heterocycles. The number of nitrogens with zero attached hydrogens (tertiary/aromatic N) is 1. The molecule has 0 aliphatic carbocycles. The largest absolute Gasteiger partial charge is 0.395 e. The molecule has 2 rings (SSSR count). The molecule has 0 radical (unpaired) electrons. The topological polar surface area (TPSA) is 49.8 Å². The Morgan fingerprint density at radius 3 is 3.22 bits per heavy atom. The van der Waals surface area contributed by atoms with Gasteiger partial charge in [0.25, 0.3) is 0 Å². The first-order chi connectivity index (χ1) is 8.79. The fourth-order valence-electron chi connectivity index (χ4n) is 1.66. The van der Waals surface area contributed by atoms with E-state index in [9.17, 15) is 4.79 Å². The van der Waals surface area contributed by atoms with Crippen LogP contribution in [0.2, 0.25) is 0 Å². The van der Waals surface area contributed by atoms with Gasteiger partial charge in [-0.05, 0) is 6.07 Å². The number of carbonyl (C=O) groups excluding carboxylic acids is 1. The highest BCUT2D eigenvalue weighted by atomic mass is 32.1. The zero-order valence-electron chi connectivity index (χ0n) is 10.0. The van der Waals surface area contributed by atoms with Crippen LogP contribution in [0.5, 0.6) is 0 Å². The number of thiophene rings is 1. The molecule has 18 heavy (non-hydrogen) atoms. The Morgan fingerprint density at radius 1 is 1.56 bits per heavy atom. The molecule has 0 unspecified atom stereocenters. The number of hydrogen-bond acceptors (Lipinski definition) is 4. The van der Waals surface area contributed by atoms with Gasteiger partial charge in [0.15, 0.2) is 0 Å². The van der Waals surface area contributed by atoms with Gasteiger partial charge in [-0.15, -0.1) is 11.3 Å². The van der Waals surface area contributed by atoms with Crippen LogP contribution in [-0.4, -0.2) is 42.3 Å². The van der Waals surface area contributed by atoms with Crippen LogP contribution < -0.4 is 0 Å². The molecule has 0 atom stereocenters. The number of amides is 1. The number of morpholine rings is 1. The summed E-state index contributed by atoms with van der Waals surface area (Å²) < 4.78 is 5.09. The minimum absolute atomic E-state index is 0.0440. The predicted octanol–water partition coefficient (Wildman–Crippen LogP) is 0.841. The lowest BCUT2D eigenvalue weighted by atomic mass is 10.3. The van der Waals surface area contributed by atoms with Crippen LogP contribution in [0.15, 0.2) is 11.4 Å². The van der Waals surface area contributed by atoms with E-state index in [1.165, 1.54) is 0 Å². The van der Waals surface area contributed by atoms with Gasteiger partial charge in [0, 0.05) is 28.8 Å². The first-order valence-corrected chi connectivity index (χ1v) is 6.70. The minimum Gasteiger partial charge on any atom is -0.395 e. The maximum absolute atomic E-state index is 11.6. The molecule has 0 bridgehead atoms. The van der Waals surface area contributed by atoms with Crippen molar-refractivity contribution < 1.29 is 14.6 Å². The van der Waals surface area contributed by atoms with Gasteiger partial charge in [0.2, 0.25) is 5.91 Å². The zero-order valence-corrected chi connectivity index (χ0v) is 10.8. The van der Waals surface area contributed by atoms with Crippen molar-refractivity contribution in [2.45, 2.75) is 13.0 Å². The van der Waals surface area contributed by atoms with Gasteiger partial charge in [-0.3, -0.25) is 4.79 Å². The van der Waals surface area contributed by atoms with Gasteiger partial charge in [-0.25, -0.2) is 0 Å². The maximum Gasteiger partial charge on any atom is 0.248 e. The maximum atomic E-state index is 11.6. The highest BCUT2D eigenvalue weighted by molar-refractivity contribution is 7.10. The summed E-state index contributed by atoms with van der Waals surface area (Å²) in [7, 11) is 0. The Balaban J connectivity index is 1.94. The Hall–Kier alpha value is -1.35. The van der Waals surface area contributed by atoms with Gasteiger partial charge in [0.1, 0.15) is 6.61 Å². The molecule has 1 N–H and O–H groups in total. The Kier molecular flexibility index (Phi) is 4.76. The lowest BCUT2D eigenvalue weighted by Gasteiger charge is -2.26. The van der Waals surface area contributed by atoms with E-state index in [4.69, 9.17) is 9.84 Å². The minimum atomic E-state index is 0.0440. The quantitative estimate of drug-likeness (QED) is 0.824. The predicted molar refractivity (Wildman–Crippen MR) is 69.1 cm³/mol. The summed E-state index contributed by atoms with van der Waals surface area (Å²) in [6.45, 7) is 2.18. The summed E-state index contributed by atoms with van der Waals surface area (Å²) in [6, 6.07) is 2.00. The van der Waals surface area contributed by atoms with Crippen molar-refractivity contribution >= 4 is 17.2 Å². The molecule has 0 saturated carbocycles. The van der Waals surface area contributed by atoms with Crippen LogP contribution in [0.1, 0.15) is 16.9 Å². The van der Waals surface area contributed by atoms with Crippen molar-refractivity contribution in [2.24, 2.45) is 0 Å². The van der Waals surface area contributed by atoms with E-state index < -0.39 is 0 Å². The summed E-state index contributed by atoms with van der Waals surface area (Å²) in [5.74, 6) is 5.91. The smallest absolute Gasteiger partial charge is 0.248 e. The third-order valence-electron chi connectivity index (χ3n) is 2.55. The molecule has 0 spiro atoms. The monoisotopic (exact) mass is 265 g/mol. The van der Waals surface area contributed by atoms with Crippen LogP contribution in [0.4, 0.5) is 0 Å². The number of ether oxygens (including phenoxy) is 1. The fourth-order valence-corrected chi connectivity index (χ4v) is 2.49. The van der Waals surface area contributed by atoms with E-state index in [0.29, 0.717) is 26.1 Å². The first-order valence-electron chi connectivity index (χ1n) is 5.82. The lowest BCUT2D eigenvalue weighted by molar-refractivity contribution is -0.143. The molecule has 1 aromatic rings. The van der Waals surface area contributed by atoms with E-state index in [2.05, 4.69) is 11.8 Å². The first kappa shape index (κ1) is 13.1. The van der Waals surface area contributed by atoms with Crippen molar-refractivity contribution in [3.8, 4) is 11.8 Å². The second-order valence-corrected chi connectivity index (χ2v) is 4.94. The normalized spacial score (nSPS) is 15.4. The van der Waals surface area contributed by atoms with Gasteiger partial charge in [0.05, 0.1) is 19.8 Å². The summed E-state index contributed by atoms with van der Waals surface area (Å²) in [5, 5.41) is 10.6. The lowest BCUT2D eigenvalue weighted by Crippen LogP contribution is -2.40. The third-order valence-corrected chi connectivity index (χ3v) is 3.48. The van der Waals surface area contributed by atoms with Crippen molar-refractivity contribution in [2.75, 3.05) is 26.4 Å². The fraction of sp³-hybridized carbons (Fsp3) is 0.462. The van der Waals surface area contributed by atoms with Crippen molar-refractivity contribution in [3.05, 3.63) is 21.9 Å². The summed E-state index contributed by atoms with van der Waals surface area (Å²) >= 11 is 1.60. The van der Waals surface area contributed by atoms with Crippen LogP contribution in [-0.2, 0) is 16.1 Å². The molecule has 1 aliphatic rings. The number of rotatable bonds is 3. The molecule has 5 heteroatoms. The molecule has 1 fully saturated rings. The summed E-state index contributed by atoms with van der Waals surface area (Å²) in [5.41, 5.74) is 0.948. The Bertz CT molecular complexity index is 472. The highest BCUT2D eigenvalue weighted by Gasteiger charge is 2.18. The molecule has 1 aliphatic heterocycles. The van der Waals surface area contributed by atoms with E-state index in [1.807, 2.05) is 11.4 Å². The summed E-state index contributed by atoms with van der Waals surface area (Å²) in [6.07, 6.45) is 0.493. The van der Waals surface area contributed by atoms with E-state index >= 15 is 0 Å². The number of carbonyl (C=O) groups is 1. The molecule has 96 valence electrons. The zero-order chi connectivity index (χ0) is 12.8. The number of aliphatic hydroxyl groups excluding tert-OH is 1. The Labute approximate surface area is 110 Å². The average molecular weight is 265 g/mol. The summed E-state index contributed by atoms with van der Waals surface area (Å²) in [4.78, 5) is 14.5. The SMILES string of the molecule is O=C1COCCN1Cc1cc(C#CCCO)cs1. The van der Waals surface area contributed by atoms with Crippen molar-refractivity contribution in [1.82, 2.24) is 4.90 Å². The molecule has 1 saturated heterocycles. The highest BCUT2D eigenvalue weighted by Crippen LogP contribution is 2.17. The third kappa shape index (κ3) is 3.57. The second-order valence-electron chi connectivity index (χ2n) is 3.94. The van der Waals surface area contributed by atoms with Crippen LogP contribution >= 0.6 is 11.3 Å². The van der Waals surface area contributed by atoms with Crippen molar-refractivity contribution in [1.29, 1.82) is 0 Å². The van der Waals surface area contributed by atoms with Gasteiger partial charge < -0.3 is 14.7 Å². The van der Waals surface area contributed by atoms with E-state index in [1.54, 1.807) is 16.2 Å². The van der Waals surface area contributed by atoms with Gasteiger partial charge in [-0.2, -0.15) is 0 Å². The van der Waals surface area contributed by atoms with Crippen LogP contribution in [0.25, 0.3) is 0 Å². The van der Waals surface area contributed by atoms with E-state index in [0.717, 1.165) is 10.4 Å². The van der Waals surface area contributed by atoms with Gasteiger partial charge in [-0.1, -0.05) is 11.8 Å².